The molecular formula is C13H19BrN2O2. The predicted molar refractivity (Wildman–Crippen MR) is 76.4 cm³/mol. The Kier molecular flexibility index (Phi) is 4.86. The maximum atomic E-state index is 5.71. The number of benzene rings is 1. The summed E-state index contributed by atoms with van der Waals surface area (Å²) in [6, 6.07) is 5.99. The molecule has 1 saturated heterocycles. The van der Waals surface area contributed by atoms with Crippen LogP contribution in [0.3, 0.4) is 0 Å². The van der Waals surface area contributed by atoms with E-state index in [-0.39, 0.29) is 6.10 Å². The zero-order valence-electron chi connectivity index (χ0n) is 10.8. The average molecular weight is 315 g/mol. The molecule has 18 heavy (non-hydrogen) atoms. The third-order valence-corrected chi connectivity index (χ3v) is 3.68. The molecule has 1 aromatic carbocycles. The lowest BCUT2D eigenvalue weighted by Gasteiger charge is -2.30. The van der Waals surface area contributed by atoms with Crippen molar-refractivity contribution in [2.24, 2.45) is 0 Å². The normalized spacial score (nSPS) is 20.7. The highest BCUT2D eigenvalue weighted by Crippen LogP contribution is 2.27. The molecule has 0 aromatic heterocycles. The second kappa shape index (κ2) is 6.41. The van der Waals surface area contributed by atoms with Gasteiger partial charge in [-0.25, -0.2) is 0 Å². The summed E-state index contributed by atoms with van der Waals surface area (Å²) < 4.78 is 11.9. The van der Waals surface area contributed by atoms with Crippen LogP contribution in [-0.4, -0.2) is 51.4 Å². The molecule has 5 heteroatoms. The monoisotopic (exact) mass is 314 g/mol. The van der Waals surface area contributed by atoms with E-state index in [4.69, 9.17) is 9.47 Å². The fourth-order valence-corrected chi connectivity index (χ4v) is 2.40. The molecule has 0 radical (unpaired) electrons. The molecule has 1 aromatic rings. The van der Waals surface area contributed by atoms with Gasteiger partial charge in [-0.3, -0.25) is 0 Å². The van der Waals surface area contributed by atoms with Crippen LogP contribution in [0.5, 0.6) is 5.75 Å². The van der Waals surface area contributed by atoms with E-state index in [9.17, 15) is 0 Å². The quantitative estimate of drug-likeness (QED) is 0.924. The van der Waals surface area contributed by atoms with Crippen molar-refractivity contribution in [1.82, 2.24) is 4.90 Å². The molecule has 1 fully saturated rings. The third kappa shape index (κ3) is 3.60. The molecule has 0 aliphatic carbocycles. The number of nitrogens with one attached hydrogen (secondary N) is 1. The Labute approximate surface area is 116 Å². The summed E-state index contributed by atoms with van der Waals surface area (Å²) in [4.78, 5) is 2.29. The zero-order valence-corrected chi connectivity index (χ0v) is 12.4. The van der Waals surface area contributed by atoms with E-state index in [1.807, 2.05) is 18.2 Å². The maximum Gasteiger partial charge on any atom is 0.135 e. The molecule has 1 unspecified atom stereocenters. The van der Waals surface area contributed by atoms with E-state index in [2.05, 4.69) is 33.2 Å². The van der Waals surface area contributed by atoms with Gasteiger partial charge in [0.25, 0.3) is 0 Å². The molecule has 1 aliphatic rings. The number of hydrogen-bond donors (Lipinski definition) is 1. The summed E-state index contributed by atoms with van der Waals surface area (Å²) in [5.74, 6) is 0.835. The van der Waals surface area contributed by atoms with Gasteiger partial charge in [-0.05, 0) is 35.1 Å². The number of ether oxygens (including phenoxy) is 2. The van der Waals surface area contributed by atoms with Gasteiger partial charge in [-0.2, -0.15) is 0 Å². The highest BCUT2D eigenvalue weighted by molar-refractivity contribution is 9.10. The van der Waals surface area contributed by atoms with Crippen molar-refractivity contribution in [3.63, 3.8) is 0 Å². The Balaban J connectivity index is 1.89. The lowest BCUT2D eigenvalue weighted by Crippen LogP contribution is -2.43. The first-order chi connectivity index (χ1) is 8.69. The fraction of sp³-hybridized carbons (Fsp3) is 0.538. The van der Waals surface area contributed by atoms with Gasteiger partial charge in [0.1, 0.15) is 5.75 Å². The minimum absolute atomic E-state index is 0.249. The highest BCUT2D eigenvalue weighted by Gasteiger charge is 2.17. The van der Waals surface area contributed by atoms with Crippen molar-refractivity contribution in [2.75, 3.05) is 45.7 Å². The van der Waals surface area contributed by atoms with E-state index in [1.54, 1.807) is 7.11 Å². The minimum atomic E-state index is 0.249. The molecule has 0 spiro atoms. The van der Waals surface area contributed by atoms with Gasteiger partial charge in [0, 0.05) is 31.4 Å². The van der Waals surface area contributed by atoms with Crippen LogP contribution in [0.25, 0.3) is 0 Å². The van der Waals surface area contributed by atoms with Crippen molar-refractivity contribution in [1.29, 1.82) is 0 Å². The third-order valence-electron chi connectivity index (χ3n) is 3.03. The molecule has 1 heterocycles. The smallest absolute Gasteiger partial charge is 0.135 e. The lowest BCUT2D eigenvalue weighted by atomic mass is 10.2. The minimum Gasteiger partial charge on any atom is -0.495 e. The number of halogens is 1. The Hall–Kier alpha value is -0.780. The molecule has 2 rings (SSSR count). The number of hydrogen-bond acceptors (Lipinski definition) is 4. The van der Waals surface area contributed by atoms with Crippen molar-refractivity contribution in [3.8, 4) is 5.75 Å². The lowest BCUT2D eigenvalue weighted by molar-refractivity contribution is -0.0117. The Morgan fingerprint density at radius 2 is 2.39 bits per heavy atom. The van der Waals surface area contributed by atoms with Crippen LogP contribution >= 0.6 is 15.9 Å². The zero-order chi connectivity index (χ0) is 13.0. The highest BCUT2D eigenvalue weighted by atomic mass is 79.9. The first kappa shape index (κ1) is 13.6. The van der Waals surface area contributed by atoms with E-state index >= 15 is 0 Å². The second-order valence-electron chi connectivity index (χ2n) is 4.49. The van der Waals surface area contributed by atoms with E-state index in [0.29, 0.717) is 0 Å². The van der Waals surface area contributed by atoms with Crippen LogP contribution in [0, 0.1) is 0 Å². The summed E-state index contributed by atoms with van der Waals surface area (Å²) in [5.41, 5.74) is 1.05. The molecule has 4 nitrogen and oxygen atoms in total. The van der Waals surface area contributed by atoms with Crippen molar-refractivity contribution >= 4 is 21.6 Å². The topological polar surface area (TPSA) is 33.7 Å². The van der Waals surface area contributed by atoms with E-state index < -0.39 is 0 Å². The molecule has 100 valence electrons. The number of anilines is 1. The molecular weight excluding hydrogens is 296 g/mol. The summed E-state index contributed by atoms with van der Waals surface area (Å²) in [7, 11) is 3.79. The molecule has 1 N–H and O–H groups in total. The Bertz CT molecular complexity index is 401. The van der Waals surface area contributed by atoms with Crippen LogP contribution in [0.2, 0.25) is 0 Å². The first-order valence-electron chi connectivity index (χ1n) is 6.06. The van der Waals surface area contributed by atoms with Gasteiger partial charge in [0.2, 0.25) is 0 Å². The maximum absolute atomic E-state index is 5.71. The number of rotatable bonds is 4. The summed E-state index contributed by atoms with van der Waals surface area (Å²) >= 11 is 3.44. The molecule has 0 amide bonds. The summed E-state index contributed by atoms with van der Waals surface area (Å²) in [5, 5.41) is 3.38. The molecule has 0 saturated carbocycles. The van der Waals surface area contributed by atoms with Gasteiger partial charge < -0.3 is 19.7 Å². The molecule has 1 aliphatic heterocycles. The number of likely N-dealkylation sites (N-methyl/N-ethyl adjacent to an activating group) is 1. The van der Waals surface area contributed by atoms with Crippen LogP contribution in [0.15, 0.2) is 22.7 Å². The Morgan fingerprint density at radius 1 is 1.56 bits per heavy atom. The van der Waals surface area contributed by atoms with Gasteiger partial charge in [0.15, 0.2) is 0 Å². The van der Waals surface area contributed by atoms with E-state index in [1.165, 1.54) is 0 Å². The van der Waals surface area contributed by atoms with Crippen LogP contribution in [0.1, 0.15) is 0 Å². The standard InChI is InChI=1S/C13H19BrN2O2/c1-16-5-6-18-11(9-16)8-15-10-3-4-12(14)13(7-10)17-2/h3-4,7,11,15H,5-6,8-9H2,1-2H3. The fourth-order valence-electron chi connectivity index (χ4n) is 1.99. The molecule has 1 atom stereocenters. The van der Waals surface area contributed by atoms with Crippen LogP contribution in [-0.2, 0) is 4.74 Å². The van der Waals surface area contributed by atoms with Gasteiger partial charge >= 0.3 is 0 Å². The van der Waals surface area contributed by atoms with Crippen molar-refractivity contribution in [2.45, 2.75) is 6.10 Å². The van der Waals surface area contributed by atoms with Crippen LogP contribution in [0.4, 0.5) is 5.69 Å². The largest absolute Gasteiger partial charge is 0.495 e. The average Bonchev–Trinajstić information content (AvgIpc) is 2.38. The van der Waals surface area contributed by atoms with Crippen molar-refractivity contribution < 1.29 is 9.47 Å². The number of morpholine rings is 1. The summed E-state index contributed by atoms with van der Waals surface area (Å²) in [6.07, 6.45) is 0.249. The number of nitrogens with zero attached hydrogens (tertiary/aromatic N) is 1. The second-order valence-corrected chi connectivity index (χ2v) is 5.34. The first-order valence-corrected chi connectivity index (χ1v) is 6.86. The van der Waals surface area contributed by atoms with Crippen LogP contribution < -0.4 is 10.1 Å². The number of methoxy groups -OCH3 is 1. The van der Waals surface area contributed by atoms with E-state index in [0.717, 1.165) is 42.2 Å². The predicted octanol–water partition coefficient (Wildman–Crippen LogP) is 2.20. The Morgan fingerprint density at radius 3 is 3.11 bits per heavy atom. The van der Waals surface area contributed by atoms with Crippen molar-refractivity contribution in [3.05, 3.63) is 22.7 Å². The SMILES string of the molecule is COc1cc(NCC2CN(C)CCO2)ccc1Br. The molecule has 0 bridgehead atoms. The van der Waals surface area contributed by atoms with Gasteiger partial charge in [0.05, 0.1) is 24.3 Å². The van der Waals surface area contributed by atoms with Gasteiger partial charge in [-0.15, -0.1) is 0 Å². The van der Waals surface area contributed by atoms with Gasteiger partial charge in [-0.1, -0.05) is 0 Å². The summed E-state index contributed by atoms with van der Waals surface area (Å²) in [6.45, 7) is 3.62.